The smallest absolute Gasteiger partial charge is 0.255 e. The SMILES string of the molecule is CN(C)C(=O)c1cccc2c(Oc3ccc(CCN(Cc4ccccc4)C[C@H](O)COc4ccccc4)cc3)ccnc12. The number of aliphatic hydroxyl groups excluding tert-OH is 1. The highest BCUT2D eigenvalue weighted by Gasteiger charge is 2.16. The number of benzene rings is 4. The first-order valence-corrected chi connectivity index (χ1v) is 14.4. The number of carbonyl (C=O) groups is 1. The van der Waals surface area contributed by atoms with Crippen molar-refractivity contribution in [3.8, 4) is 17.2 Å². The molecule has 0 spiro atoms. The third-order valence-corrected chi connectivity index (χ3v) is 7.14. The Morgan fingerprint density at radius 3 is 2.26 bits per heavy atom. The third-order valence-electron chi connectivity index (χ3n) is 7.14. The van der Waals surface area contributed by atoms with Crippen molar-refractivity contribution >= 4 is 16.8 Å². The first-order valence-electron chi connectivity index (χ1n) is 14.4. The van der Waals surface area contributed by atoms with Gasteiger partial charge in [0.15, 0.2) is 0 Å². The standard InChI is InChI=1S/C36H37N3O4/c1-38(2)36(41)33-15-9-14-32-34(20-22-37-35(32)33)43-31-18-16-27(17-19-31)21-23-39(24-28-10-5-3-6-11-28)25-29(40)26-42-30-12-7-4-8-13-30/h3-20,22,29,40H,21,23-26H2,1-2H3/t29-/m0/s1. The Labute approximate surface area is 252 Å². The number of para-hydroxylation sites is 2. The van der Waals surface area contributed by atoms with Gasteiger partial charge in [0.2, 0.25) is 0 Å². The van der Waals surface area contributed by atoms with Crippen LogP contribution in [-0.4, -0.2) is 65.7 Å². The summed E-state index contributed by atoms with van der Waals surface area (Å²) in [4.78, 5) is 20.9. The Balaban J connectivity index is 1.23. The fourth-order valence-corrected chi connectivity index (χ4v) is 4.93. The van der Waals surface area contributed by atoms with E-state index in [9.17, 15) is 9.90 Å². The minimum atomic E-state index is -0.622. The first-order chi connectivity index (χ1) is 21.0. The van der Waals surface area contributed by atoms with Gasteiger partial charge in [-0.05, 0) is 60.0 Å². The maximum absolute atomic E-state index is 12.6. The Morgan fingerprint density at radius 2 is 1.53 bits per heavy atom. The first kappa shape index (κ1) is 29.8. The van der Waals surface area contributed by atoms with Gasteiger partial charge < -0.3 is 19.5 Å². The molecule has 0 saturated heterocycles. The lowest BCUT2D eigenvalue weighted by molar-refractivity contribution is 0.0659. The van der Waals surface area contributed by atoms with Crippen LogP contribution >= 0.6 is 0 Å². The molecule has 1 heterocycles. The monoisotopic (exact) mass is 575 g/mol. The van der Waals surface area contributed by atoms with Gasteiger partial charge in [0, 0.05) is 45.3 Å². The van der Waals surface area contributed by atoms with Crippen molar-refractivity contribution in [2.75, 3.05) is 33.8 Å². The van der Waals surface area contributed by atoms with E-state index in [1.165, 1.54) is 11.1 Å². The molecule has 1 atom stereocenters. The lowest BCUT2D eigenvalue weighted by Gasteiger charge is -2.25. The maximum atomic E-state index is 12.6. The highest BCUT2D eigenvalue weighted by Crippen LogP contribution is 2.31. The second kappa shape index (κ2) is 14.4. The normalized spacial score (nSPS) is 11.8. The average Bonchev–Trinajstić information content (AvgIpc) is 3.04. The highest BCUT2D eigenvalue weighted by atomic mass is 16.5. The van der Waals surface area contributed by atoms with Crippen LogP contribution in [0.5, 0.6) is 17.2 Å². The second-order valence-electron chi connectivity index (χ2n) is 10.7. The minimum absolute atomic E-state index is 0.0999. The summed E-state index contributed by atoms with van der Waals surface area (Å²) in [6.07, 6.45) is 1.86. The number of rotatable bonds is 13. The van der Waals surface area contributed by atoms with Crippen molar-refractivity contribution < 1.29 is 19.4 Å². The van der Waals surface area contributed by atoms with Crippen molar-refractivity contribution in [3.05, 3.63) is 132 Å². The van der Waals surface area contributed by atoms with Gasteiger partial charge in [0.05, 0.1) is 11.1 Å². The van der Waals surface area contributed by atoms with E-state index in [1.54, 1.807) is 31.3 Å². The predicted molar refractivity (Wildman–Crippen MR) is 170 cm³/mol. The van der Waals surface area contributed by atoms with Crippen molar-refractivity contribution in [3.63, 3.8) is 0 Å². The largest absolute Gasteiger partial charge is 0.491 e. The number of fused-ring (bicyclic) bond motifs is 1. The Bertz CT molecular complexity index is 1610. The van der Waals surface area contributed by atoms with Crippen LogP contribution in [0.15, 0.2) is 115 Å². The molecule has 0 fully saturated rings. The molecule has 0 bridgehead atoms. The summed E-state index contributed by atoms with van der Waals surface area (Å²) >= 11 is 0. The molecule has 0 aliphatic rings. The van der Waals surface area contributed by atoms with Gasteiger partial charge in [-0.25, -0.2) is 0 Å². The fraction of sp³-hybridized carbons (Fsp3) is 0.222. The van der Waals surface area contributed by atoms with Crippen molar-refractivity contribution in [1.29, 1.82) is 0 Å². The van der Waals surface area contributed by atoms with Crippen molar-refractivity contribution in [1.82, 2.24) is 14.8 Å². The molecule has 0 unspecified atom stereocenters. The molecule has 1 aromatic heterocycles. The molecular formula is C36H37N3O4. The molecule has 5 rings (SSSR count). The Kier molecular flexibility index (Phi) is 10.00. The summed E-state index contributed by atoms with van der Waals surface area (Å²) in [5.74, 6) is 2.00. The number of aromatic nitrogens is 1. The predicted octanol–water partition coefficient (Wildman–Crippen LogP) is 6.21. The molecule has 43 heavy (non-hydrogen) atoms. The number of ether oxygens (including phenoxy) is 2. The van der Waals surface area contributed by atoms with E-state index in [4.69, 9.17) is 9.47 Å². The van der Waals surface area contributed by atoms with Gasteiger partial charge in [0.1, 0.15) is 30.0 Å². The number of hydrogen-bond acceptors (Lipinski definition) is 6. The quantitative estimate of drug-likeness (QED) is 0.180. The summed E-state index contributed by atoms with van der Waals surface area (Å²) in [6.45, 7) is 2.24. The van der Waals surface area contributed by atoms with Crippen LogP contribution in [-0.2, 0) is 13.0 Å². The fourth-order valence-electron chi connectivity index (χ4n) is 4.93. The van der Waals surface area contributed by atoms with Gasteiger partial charge in [-0.15, -0.1) is 0 Å². The van der Waals surface area contributed by atoms with Crippen molar-refractivity contribution in [2.24, 2.45) is 0 Å². The highest BCUT2D eigenvalue weighted by molar-refractivity contribution is 6.06. The number of amides is 1. The molecule has 4 aromatic carbocycles. The number of nitrogens with zero attached hydrogens (tertiary/aromatic N) is 3. The zero-order valence-corrected chi connectivity index (χ0v) is 24.6. The topological polar surface area (TPSA) is 75.1 Å². The lowest BCUT2D eigenvalue weighted by Crippen LogP contribution is -2.36. The second-order valence-corrected chi connectivity index (χ2v) is 10.7. The Morgan fingerprint density at radius 1 is 0.814 bits per heavy atom. The molecule has 1 amide bonds. The minimum Gasteiger partial charge on any atom is -0.491 e. The lowest BCUT2D eigenvalue weighted by atomic mass is 10.1. The van der Waals surface area contributed by atoms with Gasteiger partial charge >= 0.3 is 0 Å². The van der Waals surface area contributed by atoms with Gasteiger partial charge in [0.25, 0.3) is 5.91 Å². The summed E-state index contributed by atoms with van der Waals surface area (Å²) in [5, 5.41) is 11.6. The van der Waals surface area contributed by atoms with Crippen LogP contribution in [0.25, 0.3) is 10.9 Å². The van der Waals surface area contributed by atoms with E-state index < -0.39 is 6.10 Å². The van der Waals surface area contributed by atoms with E-state index >= 15 is 0 Å². The molecule has 0 aliphatic heterocycles. The number of aliphatic hydroxyl groups is 1. The summed E-state index contributed by atoms with van der Waals surface area (Å²) in [5.41, 5.74) is 3.52. The third kappa shape index (κ3) is 8.19. The molecular weight excluding hydrogens is 538 g/mol. The van der Waals surface area contributed by atoms with Crippen molar-refractivity contribution in [2.45, 2.75) is 19.1 Å². The molecule has 0 radical (unpaired) electrons. The summed E-state index contributed by atoms with van der Waals surface area (Å²) in [6, 6.07) is 35.3. The summed E-state index contributed by atoms with van der Waals surface area (Å²) < 4.78 is 12.0. The van der Waals surface area contributed by atoms with Crippen LogP contribution in [0.2, 0.25) is 0 Å². The molecule has 1 N–H and O–H groups in total. The number of carbonyl (C=O) groups excluding carboxylic acids is 1. The van der Waals surface area contributed by atoms with E-state index in [2.05, 4.69) is 34.1 Å². The van der Waals surface area contributed by atoms with Crippen LogP contribution < -0.4 is 9.47 Å². The van der Waals surface area contributed by atoms with E-state index in [1.807, 2.05) is 78.9 Å². The zero-order chi connectivity index (χ0) is 30.0. The molecule has 220 valence electrons. The number of pyridine rings is 1. The molecule has 7 nitrogen and oxygen atoms in total. The van der Waals surface area contributed by atoms with Gasteiger partial charge in [-0.3, -0.25) is 14.7 Å². The van der Waals surface area contributed by atoms with Crippen LogP contribution in [0.3, 0.4) is 0 Å². The number of hydrogen-bond donors (Lipinski definition) is 1. The molecule has 0 saturated carbocycles. The molecule has 0 aliphatic carbocycles. The van der Waals surface area contributed by atoms with E-state index in [0.717, 1.165) is 30.6 Å². The van der Waals surface area contributed by atoms with Gasteiger partial charge in [-0.2, -0.15) is 0 Å². The van der Waals surface area contributed by atoms with Crippen LogP contribution in [0.1, 0.15) is 21.5 Å². The van der Waals surface area contributed by atoms with Crippen LogP contribution in [0.4, 0.5) is 0 Å². The van der Waals surface area contributed by atoms with Crippen LogP contribution in [0, 0.1) is 0 Å². The summed E-state index contributed by atoms with van der Waals surface area (Å²) in [7, 11) is 3.46. The Hall–Kier alpha value is -4.72. The zero-order valence-electron chi connectivity index (χ0n) is 24.6. The molecule has 5 aromatic rings. The van der Waals surface area contributed by atoms with E-state index in [-0.39, 0.29) is 12.5 Å². The maximum Gasteiger partial charge on any atom is 0.255 e. The van der Waals surface area contributed by atoms with E-state index in [0.29, 0.717) is 29.1 Å². The molecule has 7 heteroatoms. The van der Waals surface area contributed by atoms with Gasteiger partial charge in [-0.1, -0.05) is 66.7 Å². The average molecular weight is 576 g/mol.